The van der Waals surface area contributed by atoms with E-state index in [4.69, 9.17) is 9.47 Å². The summed E-state index contributed by atoms with van der Waals surface area (Å²) in [5.41, 5.74) is 1.18. The van der Waals surface area contributed by atoms with E-state index in [0.717, 1.165) is 11.1 Å². The first-order chi connectivity index (χ1) is 7.25. The summed E-state index contributed by atoms with van der Waals surface area (Å²) in [5.74, 6) is 0. The summed E-state index contributed by atoms with van der Waals surface area (Å²) < 4.78 is 12.1. The van der Waals surface area contributed by atoms with Crippen molar-refractivity contribution in [2.24, 2.45) is 0 Å². The molecule has 1 aromatic rings. The second-order valence-corrected chi connectivity index (χ2v) is 5.62. The lowest BCUT2D eigenvalue weighted by atomic mass is 10.2. The van der Waals surface area contributed by atoms with Gasteiger partial charge in [-0.25, -0.2) is 0 Å². The molecular formula is C11H12Br2O2. The summed E-state index contributed by atoms with van der Waals surface area (Å²) in [7, 11) is 0. The standard InChI is InChI=1S/C11H12Br2O2/c12-9-3-1-2-8(4-9)5-15-11-7-14-6-10(11)13/h1-4,10-11H,5-7H2. The quantitative estimate of drug-likeness (QED) is 0.790. The lowest BCUT2D eigenvalue weighted by Crippen LogP contribution is -2.21. The Kier molecular flexibility index (Phi) is 4.20. The predicted molar refractivity (Wildman–Crippen MR) is 66.3 cm³/mol. The first-order valence-electron chi connectivity index (χ1n) is 4.83. The lowest BCUT2D eigenvalue weighted by molar-refractivity contribution is 0.0339. The van der Waals surface area contributed by atoms with Gasteiger partial charge in [-0.2, -0.15) is 0 Å². The molecule has 1 saturated heterocycles. The molecule has 2 unspecified atom stereocenters. The molecule has 1 heterocycles. The van der Waals surface area contributed by atoms with Crippen molar-refractivity contribution in [3.05, 3.63) is 34.3 Å². The second kappa shape index (κ2) is 5.43. The van der Waals surface area contributed by atoms with Gasteiger partial charge in [-0.3, -0.25) is 0 Å². The fourth-order valence-corrected chi connectivity index (χ4v) is 2.43. The Balaban J connectivity index is 1.87. The summed E-state index contributed by atoms with van der Waals surface area (Å²) in [6, 6.07) is 8.15. The minimum atomic E-state index is 0.170. The molecule has 1 aliphatic rings. The Hall–Kier alpha value is 0.1000. The van der Waals surface area contributed by atoms with Gasteiger partial charge in [0.1, 0.15) is 0 Å². The molecule has 1 aliphatic heterocycles. The highest BCUT2D eigenvalue weighted by Crippen LogP contribution is 2.19. The van der Waals surface area contributed by atoms with Gasteiger partial charge in [0, 0.05) is 4.47 Å². The normalized spacial score (nSPS) is 25.7. The lowest BCUT2D eigenvalue weighted by Gasteiger charge is -2.13. The Morgan fingerprint density at radius 3 is 2.93 bits per heavy atom. The zero-order valence-corrected chi connectivity index (χ0v) is 11.3. The minimum absolute atomic E-state index is 0.170. The van der Waals surface area contributed by atoms with E-state index in [2.05, 4.69) is 44.0 Å². The fraction of sp³-hybridized carbons (Fsp3) is 0.455. The van der Waals surface area contributed by atoms with E-state index in [1.54, 1.807) is 0 Å². The van der Waals surface area contributed by atoms with Crippen LogP contribution in [0.25, 0.3) is 0 Å². The summed E-state index contributed by atoms with van der Waals surface area (Å²) in [6.45, 7) is 2.06. The number of rotatable bonds is 3. The van der Waals surface area contributed by atoms with Crippen molar-refractivity contribution in [1.29, 1.82) is 0 Å². The van der Waals surface area contributed by atoms with Crippen molar-refractivity contribution in [2.45, 2.75) is 17.5 Å². The maximum absolute atomic E-state index is 5.76. The molecular weight excluding hydrogens is 324 g/mol. The molecule has 0 radical (unpaired) electrons. The Morgan fingerprint density at radius 2 is 2.27 bits per heavy atom. The van der Waals surface area contributed by atoms with E-state index >= 15 is 0 Å². The number of alkyl halides is 1. The third kappa shape index (κ3) is 3.28. The van der Waals surface area contributed by atoms with Gasteiger partial charge in [0.25, 0.3) is 0 Å². The van der Waals surface area contributed by atoms with Gasteiger partial charge < -0.3 is 9.47 Å². The van der Waals surface area contributed by atoms with E-state index in [-0.39, 0.29) is 6.10 Å². The van der Waals surface area contributed by atoms with Gasteiger partial charge >= 0.3 is 0 Å². The van der Waals surface area contributed by atoms with Crippen molar-refractivity contribution in [3.8, 4) is 0 Å². The summed E-state index contributed by atoms with van der Waals surface area (Å²) in [4.78, 5) is 0.324. The van der Waals surface area contributed by atoms with Crippen LogP contribution in [0.5, 0.6) is 0 Å². The summed E-state index contributed by atoms with van der Waals surface area (Å²) in [6.07, 6.45) is 0.170. The molecule has 2 rings (SSSR count). The monoisotopic (exact) mass is 334 g/mol. The molecule has 0 bridgehead atoms. The summed E-state index contributed by atoms with van der Waals surface area (Å²) >= 11 is 6.97. The minimum Gasteiger partial charge on any atom is -0.377 e. The van der Waals surface area contributed by atoms with E-state index in [1.165, 1.54) is 5.56 Å². The number of hydrogen-bond donors (Lipinski definition) is 0. The molecule has 0 spiro atoms. The molecule has 0 aromatic heterocycles. The molecule has 0 amide bonds. The number of benzene rings is 1. The van der Waals surface area contributed by atoms with Crippen LogP contribution >= 0.6 is 31.9 Å². The van der Waals surface area contributed by atoms with Gasteiger partial charge in [0.2, 0.25) is 0 Å². The van der Waals surface area contributed by atoms with E-state index in [9.17, 15) is 0 Å². The van der Waals surface area contributed by atoms with Crippen molar-refractivity contribution < 1.29 is 9.47 Å². The zero-order chi connectivity index (χ0) is 10.7. The van der Waals surface area contributed by atoms with Gasteiger partial charge in [-0.15, -0.1) is 0 Å². The van der Waals surface area contributed by atoms with E-state index in [0.29, 0.717) is 18.0 Å². The first-order valence-corrected chi connectivity index (χ1v) is 6.54. The van der Waals surface area contributed by atoms with Crippen LogP contribution in [-0.2, 0) is 16.1 Å². The molecule has 0 aliphatic carbocycles. The SMILES string of the molecule is Brc1cccc(COC2COCC2Br)c1. The maximum Gasteiger partial charge on any atom is 0.0959 e. The zero-order valence-electron chi connectivity index (χ0n) is 8.16. The highest BCUT2D eigenvalue weighted by Gasteiger charge is 2.26. The van der Waals surface area contributed by atoms with Crippen LogP contribution in [0.3, 0.4) is 0 Å². The molecule has 82 valence electrons. The van der Waals surface area contributed by atoms with Crippen LogP contribution in [0.2, 0.25) is 0 Å². The topological polar surface area (TPSA) is 18.5 Å². The number of halogens is 2. The largest absolute Gasteiger partial charge is 0.377 e. The molecule has 1 aromatic carbocycles. The van der Waals surface area contributed by atoms with Crippen LogP contribution in [0.4, 0.5) is 0 Å². The van der Waals surface area contributed by atoms with Gasteiger partial charge in [0.15, 0.2) is 0 Å². The molecule has 0 saturated carbocycles. The third-order valence-electron chi connectivity index (χ3n) is 2.32. The van der Waals surface area contributed by atoms with Crippen molar-refractivity contribution in [3.63, 3.8) is 0 Å². The van der Waals surface area contributed by atoms with Gasteiger partial charge in [0.05, 0.1) is 30.8 Å². The number of ether oxygens (including phenoxy) is 2. The molecule has 2 atom stereocenters. The van der Waals surface area contributed by atoms with Crippen molar-refractivity contribution in [1.82, 2.24) is 0 Å². The second-order valence-electron chi connectivity index (χ2n) is 3.53. The highest BCUT2D eigenvalue weighted by atomic mass is 79.9. The average Bonchev–Trinajstić information content (AvgIpc) is 2.61. The fourth-order valence-electron chi connectivity index (χ4n) is 1.49. The molecule has 2 nitrogen and oxygen atoms in total. The third-order valence-corrected chi connectivity index (χ3v) is 3.66. The maximum atomic E-state index is 5.76. The van der Waals surface area contributed by atoms with E-state index < -0.39 is 0 Å². The highest BCUT2D eigenvalue weighted by molar-refractivity contribution is 9.10. The smallest absolute Gasteiger partial charge is 0.0959 e. The average molecular weight is 336 g/mol. The first kappa shape index (κ1) is 11.6. The Morgan fingerprint density at radius 1 is 1.40 bits per heavy atom. The van der Waals surface area contributed by atoms with Crippen LogP contribution in [0.15, 0.2) is 28.7 Å². The molecule has 15 heavy (non-hydrogen) atoms. The van der Waals surface area contributed by atoms with Crippen LogP contribution in [-0.4, -0.2) is 24.1 Å². The van der Waals surface area contributed by atoms with Crippen LogP contribution in [0.1, 0.15) is 5.56 Å². The molecule has 1 fully saturated rings. The van der Waals surface area contributed by atoms with Gasteiger partial charge in [-0.05, 0) is 17.7 Å². The van der Waals surface area contributed by atoms with Crippen molar-refractivity contribution in [2.75, 3.05) is 13.2 Å². The molecule has 0 N–H and O–H groups in total. The Labute approximate surface area is 106 Å². The van der Waals surface area contributed by atoms with Crippen molar-refractivity contribution >= 4 is 31.9 Å². The van der Waals surface area contributed by atoms with Crippen LogP contribution < -0.4 is 0 Å². The van der Waals surface area contributed by atoms with Crippen LogP contribution in [0, 0.1) is 0 Å². The Bertz CT molecular complexity index is 330. The predicted octanol–water partition coefficient (Wildman–Crippen LogP) is 3.13. The number of hydrogen-bond acceptors (Lipinski definition) is 2. The summed E-state index contributed by atoms with van der Waals surface area (Å²) in [5, 5.41) is 0. The van der Waals surface area contributed by atoms with E-state index in [1.807, 2.05) is 12.1 Å². The molecule has 4 heteroatoms. The van der Waals surface area contributed by atoms with Gasteiger partial charge in [-0.1, -0.05) is 44.0 Å².